The minimum Gasteiger partial charge on any atom is -0.490 e. The summed E-state index contributed by atoms with van der Waals surface area (Å²) in [6, 6.07) is 4.66. The zero-order valence-electron chi connectivity index (χ0n) is 9.79. The van der Waals surface area contributed by atoms with Crippen molar-refractivity contribution in [1.29, 1.82) is 0 Å². The second kappa shape index (κ2) is 7.48. The van der Waals surface area contributed by atoms with Crippen LogP contribution in [0.3, 0.4) is 0 Å². The summed E-state index contributed by atoms with van der Waals surface area (Å²) in [6.45, 7) is 3.28. The summed E-state index contributed by atoms with van der Waals surface area (Å²) < 4.78 is 24.1. The van der Waals surface area contributed by atoms with Gasteiger partial charge in [-0.15, -0.1) is 0 Å². The van der Waals surface area contributed by atoms with Crippen LogP contribution in [0.1, 0.15) is 13.3 Å². The van der Waals surface area contributed by atoms with Gasteiger partial charge in [0.25, 0.3) is 0 Å². The van der Waals surface area contributed by atoms with Gasteiger partial charge in [-0.2, -0.15) is 0 Å². The van der Waals surface area contributed by atoms with E-state index in [0.717, 1.165) is 0 Å². The molecule has 0 aliphatic heterocycles. The van der Waals surface area contributed by atoms with Crippen molar-refractivity contribution in [2.45, 2.75) is 19.4 Å². The third kappa shape index (κ3) is 4.50. The van der Waals surface area contributed by atoms with E-state index in [9.17, 15) is 4.39 Å². The van der Waals surface area contributed by atoms with Gasteiger partial charge in [0, 0.05) is 19.6 Å². The maximum Gasteiger partial charge on any atom is 0.183 e. The largest absolute Gasteiger partial charge is 0.490 e. The van der Waals surface area contributed by atoms with Crippen LogP contribution in [0.2, 0.25) is 5.02 Å². The molecule has 0 aromatic heterocycles. The molecular weight excluding hydrogens is 245 g/mol. The maximum absolute atomic E-state index is 13.4. The molecule has 96 valence electrons. The summed E-state index contributed by atoms with van der Waals surface area (Å²) in [5.41, 5.74) is 5.52. The van der Waals surface area contributed by atoms with Gasteiger partial charge in [-0.3, -0.25) is 0 Å². The lowest BCUT2D eigenvalue weighted by Crippen LogP contribution is -2.25. The topological polar surface area (TPSA) is 44.5 Å². The Kier molecular flexibility index (Phi) is 6.26. The van der Waals surface area contributed by atoms with Gasteiger partial charge in [-0.25, -0.2) is 4.39 Å². The first kappa shape index (κ1) is 14.2. The lowest BCUT2D eigenvalue weighted by atomic mass is 10.2. The maximum atomic E-state index is 13.4. The first-order chi connectivity index (χ1) is 8.19. The van der Waals surface area contributed by atoms with Crippen LogP contribution in [0.15, 0.2) is 18.2 Å². The van der Waals surface area contributed by atoms with Gasteiger partial charge in [0.05, 0.1) is 17.7 Å². The molecule has 0 saturated heterocycles. The Morgan fingerprint density at radius 1 is 1.47 bits per heavy atom. The standard InChI is InChI=1S/C12H17ClFNO2/c1-2-16-9(8-15)6-7-17-11-5-3-4-10(13)12(11)14/h3-5,9H,2,6-8,15H2,1H3. The van der Waals surface area contributed by atoms with E-state index in [2.05, 4.69) is 0 Å². The van der Waals surface area contributed by atoms with E-state index in [1.807, 2.05) is 6.92 Å². The average Bonchev–Trinajstić information content (AvgIpc) is 2.33. The van der Waals surface area contributed by atoms with Gasteiger partial charge in [0.1, 0.15) is 0 Å². The van der Waals surface area contributed by atoms with Crippen LogP contribution < -0.4 is 10.5 Å². The lowest BCUT2D eigenvalue weighted by molar-refractivity contribution is 0.0523. The molecule has 0 amide bonds. The fraction of sp³-hybridized carbons (Fsp3) is 0.500. The van der Waals surface area contributed by atoms with E-state index in [1.54, 1.807) is 12.1 Å². The van der Waals surface area contributed by atoms with E-state index < -0.39 is 5.82 Å². The first-order valence-electron chi connectivity index (χ1n) is 5.57. The molecule has 0 bridgehead atoms. The van der Waals surface area contributed by atoms with Crippen molar-refractivity contribution >= 4 is 11.6 Å². The van der Waals surface area contributed by atoms with Crippen molar-refractivity contribution in [2.24, 2.45) is 5.73 Å². The number of ether oxygens (including phenoxy) is 2. The summed E-state index contributed by atoms with van der Waals surface area (Å²) in [5.74, 6) is -0.375. The quantitative estimate of drug-likeness (QED) is 0.821. The van der Waals surface area contributed by atoms with Crippen molar-refractivity contribution in [3.8, 4) is 5.75 Å². The Morgan fingerprint density at radius 2 is 2.24 bits per heavy atom. The van der Waals surface area contributed by atoms with Crippen LogP contribution in [-0.4, -0.2) is 25.9 Å². The lowest BCUT2D eigenvalue weighted by Gasteiger charge is -2.15. The fourth-order valence-electron chi connectivity index (χ4n) is 1.40. The van der Waals surface area contributed by atoms with Crippen molar-refractivity contribution in [3.05, 3.63) is 29.0 Å². The summed E-state index contributed by atoms with van der Waals surface area (Å²) >= 11 is 5.63. The molecule has 0 fully saturated rings. The van der Waals surface area contributed by atoms with Crippen molar-refractivity contribution in [3.63, 3.8) is 0 Å². The van der Waals surface area contributed by atoms with E-state index in [1.165, 1.54) is 6.07 Å². The van der Waals surface area contributed by atoms with Gasteiger partial charge in [-0.05, 0) is 19.1 Å². The minimum atomic E-state index is -0.533. The number of halogens is 2. The number of hydrogen-bond donors (Lipinski definition) is 1. The highest BCUT2D eigenvalue weighted by atomic mass is 35.5. The highest BCUT2D eigenvalue weighted by Crippen LogP contribution is 2.24. The fourth-order valence-corrected chi connectivity index (χ4v) is 1.57. The molecule has 1 aromatic carbocycles. The third-order valence-corrected chi connectivity index (χ3v) is 2.57. The van der Waals surface area contributed by atoms with E-state index >= 15 is 0 Å². The monoisotopic (exact) mass is 261 g/mol. The first-order valence-corrected chi connectivity index (χ1v) is 5.95. The summed E-state index contributed by atoms with van der Waals surface area (Å²) in [5, 5.41) is 0.0580. The molecule has 17 heavy (non-hydrogen) atoms. The molecule has 0 radical (unpaired) electrons. The van der Waals surface area contributed by atoms with Crippen molar-refractivity contribution in [1.82, 2.24) is 0 Å². The molecule has 0 saturated carbocycles. The van der Waals surface area contributed by atoms with Crippen LogP contribution in [0.5, 0.6) is 5.75 Å². The molecule has 2 N–H and O–H groups in total. The molecule has 0 heterocycles. The molecule has 3 nitrogen and oxygen atoms in total. The minimum absolute atomic E-state index is 0.0535. The zero-order chi connectivity index (χ0) is 12.7. The van der Waals surface area contributed by atoms with E-state index in [-0.39, 0.29) is 16.9 Å². The SMILES string of the molecule is CCOC(CN)CCOc1cccc(Cl)c1F. The molecular formula is C12H17ClFNO2. The molecule has 0 spiro atoms. The normalized spacial score (nSPS) is 12.5. The Bertz CT molecular complexity index is 349. The Hall–Kier alpha value is -0.840. The molecule has 1 unspecified atom stereocenters. The van der Waals surface area contributed by atoms with Gasteiger partial charge in [0.15, 0.2) is 11.6 Å². The van der Waals surface area contributed by atoms with Crippen LogP contribution in [0, 0.1) is 5.82 Å². The molecule has 5 heteroatoms. The highest BCUT2D eigenvalue weighted by Gasteiger charge is 2.09. The van der Waals surface area contributed by atoms with Gasteiger partial charge < -0.3 is 15.2 Å². The van der Waals surface area contributed by atoms with Crippen LogP contribution in [0.25, 0.3) is 0 Å². The number of benzene rings is 1. The summed E-state index contributed by atoms with van der Waals surface area (Å²) in [6.07, 6.45) is 0.568. The summed E-state index contributed by atoms with van der Waals surface area (Å²) in [7, 11) is 0. The van der Waals surface area contributed by atoms with Crippen molar-refractivity contribution < 1.29 is 13.9 Å². The average molecular weight is 262 g/mol. The van der Waals surface area contributed by atoms with Crippen LogP contribution >= 0.6 is 11.6 Å². The van der Waals surface area contributed by atoms with E-state index in [4.69, 9.17) is 26.8 Å². The number of nitrogens with two attached hydrogens (primary N) is 1. The van der Waals surface area contributed by atoms with Crippen LogP contribution in [0.4, 0.5) is 4.39 Å². The molecule has 1 rings (SSSR count). The van der Waals surface area contributed by atoms with Crippen LogP contribution in [-0.2, 0) is 4.74 Å². The number of rotatable bonds is 7. The Morgan fingerprint density at radius 3 is 2.88 bits per heavy atom. The molecule has 1 aromatic rings. The van der Waals surface area contributed by atoms with E-state index in [0.29, 0.717) is 26.2 Å². The Balaban J connectivity index is 2.42. The predicted octanol–water partition coefficient (Wildman–Crippen LogP) is 2.61. The number of hydrogen-bond acceptors (Lipinski definition) is 3. The smallest absolute Gasteiger partial charge is 0.183 e. The predicted molar refractivity (Wildman–Crippen MR) is 66.0 cm³/mol. The molecule has 1 atom stereocenters. The second-order valence-electron chi connectivity index (χ2n) is 3.50. The van der Waals surface area contributed by atoms with Gasteiger partial charge >= 0.3 is 0 Å². The third-order valence-electron chi connectivity index (χ3n) is 2.28. The van der Waals surface area contributed by atoms with Gasteiger partial charge in [-0.1, -0.05) is 17.7 Å². The summed E-state index contributed by atoms with van der Waals surface area (Å²) in [4.78, 5) is 0. The van der Waals surface area contributed by atoms with Crippen molar-refractivity contribution in [2.75, 3.05) is 19.8 Å². The molecule has 0 aliphatic carbocycles. The molecule has 0 aliphatic rings. The highest BCUT2D eigenvalue weighted by molar-refractivity contribution is 6.30. The van der Waals surface area contributed by atoms with Gasteiger partial charge in [0.2, 0.25) is 0 Å². The second-order valence-corrected chi connectivity index (χ2v) is 3.91. The zero-order valence-corrected chi connectivity index (χ0v) is 10.5. The Labute approximate surface area is 106 Å².